The summed E-state index contributed by atoms with van der Waals surface area (Å²) in [5.41, 5.74) is 1.74. The molecule has 4 nitrogen and oxygen atoms in total. The fraction of sp³-hybridized carbons (Fsp3) is 0.158. The zero-order valence-corrected chi connectivity index (χ0v) is 14.2. The number of para-hydroxylation sites is 1. The largest absolute Gasteiger partial charge is 0.491 e. The van der Waals surface area contributed by atoms with Gasteiger partial charge in [-0.1, -0.05) is 48.5 Å². The van der Waals surface area contributed by atoms with Crippen molar-refractivity contribution in [3.05, 3.63) is 82.8 Å². The molecule has 0 unspecified atom stereocenters. The van der Waals surface area contributed by atoms with Crippen LogP contribution in [0.25, 0.3) is 5.69 Å². The van der Waals surface area contributed by atoms with E-state index in [4.69, 9.17) is 4.74 Å². The van der Waals surface area contributed by atoms with Crippen LogP contribution in [-0.4, -0.2) is 16.4 Å². The predicted molar refractivity (Wildman–Crippen MR) is 97.0 cm³/mol. The Kier molecular flexibility index (Phi) is 5.33. The second-order valence-electron chi connectivity index (χ2n) is 5.10. The molecule has 0 aliphatic carbocycles. The maximum Gasteiger partial charge on any atom is 0.288 e. The summed E-state index contributed by atoms with van der Waals surface area (Å²) in [7, 11) is 0. The molecule has 0 radical (unpaired) electrons. The molecule has 122 valence electrons. The van der Waals surface area contributed by atoms with Crippen LogP contribution in [0, 0.1) is 0 Å². The molecule has 3 rings (SSSR count). The number of rotatable bonds is 6. The van der Waals surface area contributed by atoms with Crippen molar-refractivity contribution >= 4 is 11.8 Å². The Morgan fingerprint density at radius 1 is 1.04 bits per heavy atom. The zero-order valence-electron chi connectivity index (χ0n) is 13.4. The van der Waals surface area contributed by atoms with Crippen molar-refractivity contribution < 1.29 is 4.74 Å². The summed E-state index contributed by atoms with van der Waals surface area (Å²) in [5, 5.41) is 4.25. The lowest BCUT2D eigenvalue weighted by Crippen LogP contribution is -2.23. The quantitative estimate of drug-likeness (QED) is 0.639. The molecule has 0 saturated heterocycles. The van der Waals surface area contributed by atoms with Gasteiger partial charge < -0.3 is 4.74 Å². The van der Waals surface area contributed by atoms with Crippen molar-refractivity contribution in [2.24, 2.45) is 0 Å². The Morgan fingerprint density at radius 3 is 2.38 bits per heavy atom. The summed E-state index contributed by atoms with van der Waals surface area (Å²) in [6.07, 6.45) is 1.62. The number of ether oxygens (including phenoxy) is 1. The molecule has 0 amide bonds. The van der Waals surface area contributed by atoms with Crippen LogP contribution in [0.1, 0.15) is 12.5 Å². The van der Waals surface area contributed by atoms with Crippen LogP contribution in [-0.2, 0) is 5.75 Å². The van der Waals surface area contributed by atoms with Gasteiger partial charge in [0.2, 0.25) is 0 Å². The Hall–Kier alpha value is -2.53. The van der Waals surface area contributed by atoms with Crippen molar-refractivity contribution in [1.29, 1.82) is 0 Å². The third-order valence-corrected chi connectivity index (χ3v) is 4.57. The smallest absolute Gasteiger partial charge is 0.288 e. The van der Waals surface area contributed by atoms with E-state index in [0.717, 1.165) is 11.3 Å². The van der Waals surface area contributed by atoms with E-state index in [1.807, 2.05) is 67.6 Å². The molecule has 0 fully saturated rings. The van der Waals surface area contributed by atoms with Crippen LogP contribution in [0.5, 0.6) is 5.75 Å². The van der Waals surface area contributed by atoms with E-state index < -0.39 is 0 Å². The molecule has 0 N–H and O–H groups in total. The minimum absolute atomic E-state index is 0.159. The van der Waals surface area contributed by atoms with Gasteiger partial charge in [0.1, 0.15) is 4.90 Å². The van der Waals surface area contributed by atoms with Crippen molar-refractivity contribution in [2.45, 2.75) is 17.6 Å². The molecular formula is C19H18N2O2S. The van der Waals surface area contributed by atoms with Gasteiger partial charge in [0, 0.05) is 5.75 Å². The molecule has 1 aromatic heterocycles. The lowest BCUT2D eigenvalue weighted by atomic mass is 10.2. The fourth-order valence-corrected chi connectivity index (χ4v) is 3.26. The zero-order chi connectivity index (χ0) is 16.8. The number of hydrogen-bond donors (Lipinski definition) is 0. The van der Waals surface area contributed by atoms with Crippen LogP contribution in [0.3, 0.4) is 0 Å². The van der Waals surface area contributed by atoms with Crippen LogP contribution in [0.2, 0.25) is 0 Å². The Labute approximate surface area is 145 Å². The summed E-state index contributed by atoms with van der Waals surface area (Å²) in [5.74, 6) is 1.24. The normalized spacial score (nSPS) is 10.5. The minimum Gasteiger partial charge on any atom is -0.491 e. The molecule has 0 saturated carbocycles. The average molecular weight is 338 g/mol. The summed E-state index contributed by atoms with van der Waals surface area (Å²) in [4.78, 5) is 13.5. The van der Waals surface area contributed by atoms with E-state index in [0.29, 0.717) is 23.0 Å². The maximum absolute atomic E-state index is 12.9. The van der Waals surface area contributed by atoms with E-state index in [1.165, 1.54) is 16.4 Å². The van der Waals surface area contributed by atoms with Gasteiger partial charge in [-0.3, -0.25) is 4.79 Å². The SMILES string of the molecule is CCOc1cnn(-c2ccccc2)c(=O)c1SCc1ccccc1. The van der Waals surface area contributed by atoms with Crippen molar-refractivity contribution in [3.8, 4) is 11.4 Å². The lowest BCUT2D eigenvalue weighted by Gasteiger charge is -2.12. The van der Waals surface area contributed by atoms with Crippen LogP contribution in [0.4, 0.5) is 0 Å². The molecule has 0 aliphatic rings. The summed E-state index contributed by atoms with van der Waals surface area (Å²) in [6, 6.07) is 19.5. The first-order chi connectivity index (χ1) is 11.8. The van der Waals surface area contributed by atoms with E-state index >= 15 is 0 Å². The van der Waals surface area contributed by atoms with Gasteiger partial charge in [-0.2, -0.15) is 9.78 Å². The monoisotopic (exact) mass is 338 g/mol. The topological polar surface area (TPSA) is 44.1 Å². The van der Waals surface area contributed by atoms with E-state index in [1.54, 1.807) is 6.20 Å². The number of benzene rings is 2. The Morgan fingerprint density at radius 2 is 1.71 bits per heavy atom. The van der Waals surface area contributed by atoms with Crippen molar-refractivity contribution in [2.75, 3.05) is 6.61 Å². The van der Waals surface area contributed by atoms with Crippen LogP contribution >= 0.6 is 11.8 Å². The first-order valence-electron chi connectivity index (χ1n) is 7.77. The molecular weight excluding hydrogens is 320 g/mol. The van der Waals surface area contributed by atoms with Crippen molar-refractivity contribution in [1.82, 2.24) is 9.78 Å². The number of hydrogen-bond acceptors (Lipinski definition) is 4. The molecule has 0 aliphatic heterocycles. The van der Waals surface area contributed by atoms with E-state index in [9.17, 15) is 4.79 Å². The van der Waals surface area contributed by atoms with E-state index in [-0.39, 0.29) is 5.56 Å². The Bertz CT molecular complexity index is 848. The van der Waals surface area contributed by atoms with Gasteiger partial charge in [0.25, 0.3) is 5.56 Å². The highest BCUT2D eigenvalue weighted by molar-refractivity contribution is 7.98. The Balaban J connectivity index is 1.96. The van der Waals surface area contributed by atoms with Gasteiger partial charge >= 0.3 is 0 Å². The second-order valence-corrected chi connectivity index (χ2v) is 6.08. The lowest BCUT2D eigenvalue weighted by molar-refractivity contribution is 0.327. The number of aromatic nitrogens is 2. The molecule has 24 heavy (non-hydrogen) atoms. The van der Waals surface area contributed by atoms with E-state index in [2.05, 4.69) is 5.10 Å². The molecule has 1 heterocycles. The molecule has 2 aromatic carbocycles. The fourth-order valence-electron chi connectivity index (χ4n) is 2.30. The van der Waals surface area contributed by atoms with Crippen LogP contribution < -0.4 is 10.3 Å². The minimum atomic E-state index is -0.159. The predicted octanol–water partition coefficient (Wildman–Crippen LogP) is 3.92. The van der Waals surface area contributed by atoms with Crippen LogP contribution in [0.15, 0.2) is 76.6 Å². The number of thioether (sulfide) groups is 1. The van der Waals surface area contributed by atoms with Gasteiger partial charge in [-0.15, -0.1) is 11.8 Å². The average Bonchev–Trinajstić information content (AvgIpc) is 2.63. The molecule has 0 atom stereocenters. The highest BCUT2D eigenvalue weighted by Gasteiger charge is 2.14. The van der Waals surface area contributed by atoms with Gasteiger partial charge in [-0.25, -0.2) is 0 Å². The molecule has 5 heteroatoms. The maximum atomic E-state index is 12.9. The van der Waals surface area contributed by atoms with Gasteiger partial charge in [-0.05, 0) is 24.6 Å². The number of nitrogens with zero attached hydrogens (tertiary/aromatic N) is 2. The highest BCUT2D eigenvalue weighted by Crippen LogP contribution is 2.28. The third kappa shape index (κ3) is 3.68. The van der Waals surface area contributed by atoms with Gasteiger partial charge in [0.05, 0.1) is 18.5 Å². The standard InChI is InChI=1S/C19H18N2O2S/c1-2-23-17-13-20-21(16-11-7-4-8-12-16)19(22)18(17)24-14-15-9-5-3-6-10-15/h3-13H,2,14H2,1H3. The highest BCUT2D eigenvalue weighted by atomic mass is 32.2. The van der Waals surface area contributed by atoms with Crippen molar-refractivity contribution in [3.63, 3.8) is 0 Å². The van der Waals surface area contributed by atoms with Gasteiger partial charge in [0.15, 0.2) is 5.75 Å². The summed E-state index contributed by atoms with van der Waals surface area (Å²) in [6.45, 7) is 2.39. The summed E-state index contributed by atoms with van der Waals surface area (Å²) < 4.78 is 7.01. The second kappa shape index (κ2) is 7.84. The third-order valence-electron chi connectivity index (χ3n) is 3.43. The molecule has 3 aromatic rings. The molecule has 0 spiro atoms. The first-order valence-corrected chi connectivity index (χ1v) is 8.75. The first kappa shape index (κ1) is 16.3. The molecule has 0 bridgehead atoms. The summed E-state index contributed by atoms with van der Waals surface area (Å²) >= 11 is 1.48.